The van der Waals surface area contributed by atoms with Gasteiger partial charge in [-0.1, -0.05) is 26.7 Å². The molecule has 0 bridgehead atoms. The zero-order valence-corrected chi connectivity index (χ0v) is 13.4. The molecule has 0 aliphatic heterocycles. The number of rotatable bonds is 11. The minimum atomic E-state index is -0.376. The van der Waals surface area contributed by atoms with Gasteiger partial charge < -0.3 is 19.7 Å². The van der Waals surface area contributed by atoms with Gasteiger partial charge in [0.25, 0.3) is 0 Å². The highest BCUT2D eigenvalue weighted by Crippen LogP contribution is 2.11. The van der Waals surface area contributed by atoms with Crippen LogP contribution in [0.1, 0.15) is 52.9 Å². The lowest BCUT2D eigenvalue weighted by molar-refractivity contribution is -0.117. The molecule has 0 radical (unpaired) electrons. The number of alkyl carbamates (subject to hydrolysis) is 1. The van der Waals surface area contributed by atoms with Crippen LogP contribution in [0.25, 0.3) is 0 Å². The van der Waals surface area contributed by atoms with Gasteiger partial charge in [-0.3, -0.25) is 0 Å². The number of ketones is 1. The Morgan fingerprint density at radius 2 is 1.95 bits per heavy atom. The molecule has 5 heteroatoms. The molecular formula is C15H30N2O3. The van der Waals surface area contributed by atoms with Crippen molar-refractivity contribution in [1.82, 2.24) is 10.2 Å². The molecule has 0 aliphatic rings. The van der Waals surface area contributed by atoms with E-state index in [1.54, 1.807) is 6.92 Å². The highest BCUT2D eigenvalue weighted by atomic mass is 16.6. The molecule has 1 unspecified atom stereocenters. The Morgan fingerprint density at radius 1 is 1.25 bits per heavy atom. The first-order valence-electron chi connectivity index (χ1n) is 7.62. The summed E-state index contributed by atoms with van der Waals surface area (Å²) in [6.45, 7) is 8.07. The van der Waals surface area contributed by atoms with Crippen molar-refractivity contribution in [2.75, 3.05) is 26.7 Å². The number of ether oxygens (including phenoxy) is 1. The summed E-state index contributed by atoms with van der Waals surface area (Å²) in [5.74, 6) is 0.139. The number of amides is 1. The van der Waals surface area contributed by atoms with Crippen molar-refractivity contribution < 1.29 is 14.3 Å². The molecule has 1 N–H and O–H groups in total. The quantitative estimate of drug-likeness (QED) is 0.634. The first-order chi connectivity index (χ1) is 9.49. The van der Waals surface area contributed by atoms with Crippen LogP contribution in [0.2, 0.25) is 0 Å². The van der Waals surface area contributed by atoms with E-state index in [-0.39, 0.29) is 18.0 Å². The molecule has 0 fully saturated rings. The summed E-state index contributed by atoms with van der Waals surface area (Å²) in [6, 6.07) is 0. The number of unbranched alkanes of at least 4 members (excludes halogenated alkanes) is 1. The number of nitrogens with one attached hydrogen (secondary N) is 1. The van der Waals surface area contributed by atoms with Gasteiger partial charge in [-0.05, 0) is 33.4 Å². The molecule has 0 aromatic rings. The van der Waals surface area contributed by atoms with Crippen molar-refractivity contribution in [2.24, 2.45) is 0 Å². The van der Waals surface area contributed by atoms with Crippen molar-refractivity contribution in [3.8, 4) is 0 Å². The number of hydrogen-bond donors (Lipinski definition) is 1. The molecular weight excluding hydrogens is 256 g/mol. The Hall–Kier alpha value is -1.10. The predicted octanol–water partition coefficient (Wildman–Crippen LogP) is 2.59. The summed E-state index contributed by atoms with van der Waals surface area (Å²) in [4.78, 5) is 24.8. The smallest absolute Gasteiger partial charge is 0.407 e. The Kier molecular flexibility index (Phi) is 11.1. The lowest BCUT2D eigenvalue weighted by Crippen LogP contribution is -2.35. The van der Waals surface area contributed by atoms with Crippen LogP contribution in [0.3, 0.4) is 0 Å². The summed E-state index contributed by atoms with van der Waals surface area (Å²) in [5.41, 5.74) is 0. The third-order valence-corrected chi connectivity index (χ3v) is 3.27. The third-order valence-electron chi connectivity index (χ3n) is 3.27. The number of nitrogens with zero attached hydrogens (tertiary/aromatic N) is 1. The molecule has 0 saturated heterocycles. The van der Waals surface area contributed by atoms with Gasteiger partial charge in [-0.2, -0.15) is 0 Å². The maximum absolute atomic E-state index is 11.7. The second-order valence-corrected chi connectivity index (χ2v) is 5.23. The van der Waals surface area contributed by atoms with Gasteiger partial charge in [0.1, 0.15) is 11.9 Å². The van der Waals surface area contributed by atoms with Crippen LogP contribution < -0.4 is 5.32 Å². The van der Waals surface area contributed by atoms with E-state index in [0.29, 0.717) is 19.4 Å². The molecule has 5 nitrogen and oxygen atoms in total. The number of Topliss-reactive ketones (excluding diaryl/α,β-unsaturated/α-hetero) is 1. The first kappa shape index (κ1) is 18.9. The van der Waals surface area contributed by atoms with Crippen LogP contribution in [0.4, 0.5) is 4.79 Å². The second kappa shape index (κ2) is 11.7. The number of carbonyl (C=O) groups is 2. The molecule has 0 rings (SSSR count). The van der Waals surface area contributed by atoms with E-state index in [1.807, 2.05) is 7.05 Å². The first-order valence-corrected chi connectivity index (χ1v) is 7.62. The minimum absolute atomic E-state index is 0.139. The highest BCUT2D eigenvalue weighted by molar-refractivity contribution is 5.75. The van der Waals surface area contributed by atoms with Crippen molar-refractivity contribution >= 4 is 11.9 Å². The van der Waals surface area contributed by atoms with Crippen LogP contribution in [0, 0.1) is 0 Å². The lowest BCUT2D eigenvalue weighted by atomic mass is 10.1. The zero-order valence-electron chi connectivity index (χ0n) is 13.4. The zero-order chi connectivity index (χ0) is 15.4. The Labute approximate surface area is 123 Å². The van der Waals surface area contributed by atoms with E-state index in [1.165, 1.54) is 0 Å². The van der Waals surface area contributed by atoms with Gasteiger partial charge in [0.05, 0.1) is 0 Å². The SMILES string of the molecule is CCCCC(CCC(C)=O)OC(=O)NCCN(C)CC. The largest absolute Gasteiger partial charge is 0.446 e. The standard InChI is InChI=1S/C15H30N2O3/c1-5-7-8-14(10-9-13(3)18)20-15(19)16-11-12-17(4)6-2/h14H,5-12H2,1-4H3,(H,16,19). The molecule has 20 heavy (non-hydrogen) atoms. The van der Waals surface area contributed by atoms with Gasteiger partial charge in [-0.15, -0.1) is 0 Å². The monoisotopic (exact) mass is 286 g/mol. The van der Waals surface area contributed by atoms with Crippen LogP contribution in [0.5, 0.6) is 0 Å². The third kappa shape index (κ3) is 10.8. The molecule has 0 aromatic heterocycles. The van der Waals surface area contributed by atoms with Crippen molar-refractivity contribution in [3.05, 3.63) is 0 Å². The Morgan fingerprint density at radius 3 is 2.50 bits per heavy atom. The Bertz CT molecular complexity index is 282. The Balaban J connectivity index is 4.00. The summed E-state index contributed by atoms with van der Waals surface area (Å²) >= 11 is 0. The maximum atomic E-state index is 11.7. The maximum Gasteiger partial charge on any atom is 0.407 e. The number of likely N-dealkylation sites (N-methyl/N-ethyl adjacent to an activating group) is 1. The number of carbonyl (C=O) groups excluding carboxylic acids is 2. The van der Waals surface area contributed by atoms with Gasteiger partial charge in [0.15, 0.2) is 0 Å². The van der Waals surface area contributed by atoms with Gasteiger partial charge in [-0.25, -0.2) is 4.79 Å². The minimum Gasteiger partial charge on any atom is -0.446 e. The van der Waals surface area contributed by atoms with Gasteiger partial charge in [0.2, 0.25) is 0 Å². The van der Waals surface area contributed by atoms with E-state index in [9.17, 15) is 9.59 Å². The second-order valence-electron chi connectivity index (χ2n) is 5.23. The fraction of sp³-hybridized carbons (Fsp3) is 0.867. The average molecular weight is 286 g/mol. The summed E-state index contributed by atoms with van der Waals surface area (Å²) in [6.07, 6.45) is 3.46. The summed E-state index contributed by atoms with van der Waals surface area (Å²) < 4.78 is 5.40. The van der Waals surface area contributed by atoms with Crippen LogP contribution in [0.15, 0.2) is 0 Å². The topological polar surface area (TPSA) is 58.6 Å². The van der Waals surface area contributed by atoms with Gasteiger partial charge in [0, 0.05) is 19.5 Å². The van der Waals surface area contributed by atoms with Crippen molar-refractivity contribution in [3.63, 3.8) is 0 Å². The van der Waals surface area contributed by atoms with Crippen molar-refractivity contribution in [2.45, 2.75) is 59.0 Å². The van der Waals surface area contributed by atoms with E-state index < -0.39 is 0 Å². The van der Waals surface area contributed by atoms with Crippen molar-refractivity contribution in [1.29, 1.82) is 0 Å². The molecule has 1 atom stereocenters. The summed E-state index contributed by atoms with van der Waals surface area (Å²) in [5, 5.41) is 2.75. The average Bonchev–Trinajstić information content (AvgIpc) is 2.41. The van der Waals surface area contributed by atoms with E-state index in [2.05, 4.69) is 24.1 Å². The normalized spacial score (nSPS) is 12.2. The van der Waals surface area contributed by atoms with Crippen LogP contribution >= 0.6 is 0 Å². The van der Waals surface area contributed by atoms with E-state index >= 15 is 0 Å². The molecule has 1 amide bonds. The molecule has 0 aromatic carbocycles. The summed E-state index contributed by atoms with van der Waals surface area (Å²) in [7, 11) is 2.00. The molecule has 0 aliphatic carbocycles. The lowest BCUT2D eigenvalue weighted by Gasteiger charge is -2.18. The fourth-order valence-corrected chi connectivity index (χ4v) is 1.76. The molecule has 0 saturated carbocycles. The highest BCUT2D eigenvalue weighted by Gasteiger charge is 2.14. The molecule has 0 heterocycles. The molecule has 0 spiro atoms. The molecule has 118 valence electrons. The van der Waals surface area contributed by atoms with E-state index in [4.69, 9.17) is 4.74 Å². The van der Waals surface area contributed by atoms with Crippen LogP contribution in [-0.2, 0) is 9.53 Å². The number of hydrogen-bond acceptors (Lipinski definition) is 4. The predicted molar refractivity (Wildman–Crippen MR) is 80.9 cm³/mol. The van der Waals surface area contributed by atoms with Crippen LogP contribution in [-0.4, -0.2) is 49.6 Å². The fourth-order valence-electron chi connectivity index (χ4n) is 1.76. The van der Waals surface area contributed by atoms with E-state index in [0.717, 1.165) is 32.4 Å². The van der Waals surface area contributed by atoms with Gasteiger partial charge >= 0.3 is 6.09 Å².